The third kappa shape index (κ3) is 3.85. The summed E-state index contributed by atoms with van der Waals surface area (Å²) in [5.41, 5.74) is 5.74. The molecule has 8 nitrogen and oxygen atoms in total. The first-order valence-corrected chi connectivity index (χ1v) is 11.8. The zero-order valence-electron chi connectivity index (χ0n) is 20.1. The largest absolute Gasteiger partial charge is 0.493 e. The molecule has 1 aliphatic heterocycles. The summed E-state index contributed by atoms with van der Waals surface area (Å²) in [4.78, 5) is 10.9. The van der Waals surface area contributed by atoms with Crippen molar-refractivity contribution in [3.05, 3.63) is 78.3 Å². The van der Waals surface area contributed by atoms with Crippen LogP contribution in [0.15, 0.2) is 71.6 Å². The van der Waals surface area contributed by atoms with Crippen LogP contribution in [0.25, 0.3) is 21.9 Å². The Hall–Kier alpha value is -4.30. The second-order valence-electron chi connectivity index (χ2n) is 8.80. The van der Waals surface area contributed by atoms with Gasteiger partial charge in [-0.2, -0.15) is 0 Å². The van der Waals surface area contributed by atoms with Gasteiger partial charge in [-0.15, -0.1) is 0 Å². The number of rotatable bonds is 7. The van der Waals surface area contributed by atoms with E-state index in [0.717, 1.165) is 51.8 Å². The van der Waals surface area contributed by atoms with Crippen LogP contribution in [0, 0.1) is 0 Å². The van der Waals surface area contributed by atoms with Crippen LogP contribution in [-0.4, -0.2) is 42.1 Å². The molecule has 36 heavy (non-hydrogen) atoms. The second-order valence-corrected chi connectivity index (χ2v) is 8.80. The molecule has 0 spiro atoms. The number of hydrogen-bond acceptors (Lipinski definition) is 8. The average Bonchev–Trinajstić information content (AvgIpc) is 3.52. The van der Waals surface area contributed by atoms with Crippen molar-refractivity contribution < 1.29 is 19.0 Å². The lowest BCUT2D eigenvalue weighted by atomic mass is 10.1. The van der Waals surface area contributed by atoms with Crippen LogP contribution < -0.4 is 19.7 Å². The van der Waals surface area contributed by atoms with Crippen LogP contribution in [-0.2, 0) is 12.8 Å². The summed E-state index contributed by atoms with van der Waals surface area (Å²) in [5, 5.41) is 16.4. The van der Waals surface area contributed by atoms with E-state index in [0.29, 0.717) is 23.7 Å². The molecule has 0 radical (unpaired) electrons. The topological polar surface area (TPSA) is 92.9 Å². The summed E-state index contributed by atoms with van der Waals surface area (Å²) < 4.78 is 16.5. The van der Waals surface area contributed by atoms with Crippen molar-refractivity contribution in [3.63, 3.8) is 0 Å². The van der Waals surface area contributed by atoms with Crippen LogP contribution >= 0.6 is 0 Å². The van der Waals surface area contributed by atoms with Crippen LogP contribution in [0.1, 0.15) is 11.1 Å². The molecule has 182 valence electrons. The standard InChI is InChI=1S/C28H26N4O4/c1-34-25-13-21-22(14-26(25)35-2)29-16-30-28(21)31-19-7-8-23-17(11-19)9-10-32(23)27(33)12-18-15-36-24-6-4-3-5-20(18)24/h3-8,11,13-16,27,33H,9-10,12H2,1-2H3,(H,29,30,31). The monoisotopic (exact) mass is 482 g/mol. The predicted octanol–water partition coefficient (Wildman–Crippen LogP) is 5.06. The van der Waals surface area contributed by atoms with E-state index in [1.54, 1.807) is 20.5 Å². The van der Waals surface area contributed by atoms with Crippen molar-refractivity contribution in [2.24, 2.45) is 0 Å². The Bertz CT molecular complexity index is 1560. The van der Waals surface area contributed by atoms with Gasteiger partial charge in [0.15, 0.2) is 11.5 Å². The molecule has 1 unspecified atom stereocenters. The van der Waals surface area contributed by atoms with E-state index in [2.05, 4.69) is 26.3 Å². The van der Waals surface area contributed by atoms with Gasteiger partial charge in [0.25, 0.3) is 0 Å². The van der Waals surface area contributed by atoms with E-state index in [1.807, 2.05) is 48.5 Å². The average molecular weight is 483 g/mol. The minimum absolute atomic E-state index is 0.495. The van der Waals surface area contributed by atoms with Gasteiger partial charge in [0.2, 0.25) is 0 Å². The molecule has 0 bridgehead atoms. The van der Waals surface area contributed by atoms with Crippen LogP contribution in [0.4, 0.5) is 17.2 Å². The number of aromatic nitrogens is 2. The molecule has 3 heterocycles. The molecule has 0 fully saturated rings. The Kier molecular flexibility index (Phi) is 5.58. The number of anilines is 3. The van der Waals surface area contributed by atoms with E-state index >= 15 is 0 Å². The molecule has 0 saturated heterocycles. The molecule has 5 aromatic rings. The van der Waals surface area contributed by atoms with E-state index in [-0.39, 0.29) is 0 Å². The molecule has 1 atom stereocenters. The van der Waals surface area contributed by atoms with Crippen molar-refractivity contribution in [2.45, 2.75) is 19.1 Å². The predicted molar refractivity (Wildman–Crippen MR) is 139 cm³/mol. The maximum Gasteiger partial charge on any atom is 0.162 e. The maximum absolute atomic E-state index is 11.1. The Balaban J connectivity index is 1.24. The molecule has 6 rings (SSSR count). The fourth-order valence-corrected chi connectivity index (χ4v) is 4.93. The van der Waals surface area contributed by atoms with Crippen molar-refractivity contribution in [2.75, 3.05) is 31.0 Å². The maximum atomic E-state index is 11.1. The molecule has 2 N–H and O–H groups in total. The number of benzene rings is 3. The number of aliphatic hydroxyl groups is 1. The molecule has 8 heteroatoms. The van der Waals surface area contributed by atoms with Crippen molar-refractivity contribution in [1.29, 1.82) is 0 Å². The van der Waals surface area contributed by atoms with E-state index in [4.69, 9.17) is 13.9 Å². The number of nitrogens with zero attached hydrogens (tertiary/aromatic N) is 3. The number of furan rings is 1. The van der Waals surface area contributed by atoms with Crippen molar-refractivity contribution in [3.8, 4) is 11.5 Å². The highest BCUT2D eigenvalue weighted by molar-refractivity contribution is 5.93. The van der Waals surface area contributed by atoms with Crippen molar-refractivity contribution in [1.82, 2.24) is 9.97 Å². The third-order valence-electron chi connectivity index (χ3n) is 6.74. The normalized spacial score (nSPS) is 13.7. The summed E-state index contributed by atoms with van der Waals surface area (Å²) in [6.45, 7) is 0.753. The SMILES string of the molecule is COc1cc2ncnc(Nc3ccc4c(c3)CCN4C(O)Cc3coc4ccccc34)c2cc1OC. The number of para-hydroxylation sites is 1. The van der Waals surface area contributed by atoms with Gasteiger partial charge in [-0.1, -0.05) is 18.2 Å². The highest BCUT2D eigenvalue weighted by atomic mass is 16.5. The number of fused-ring (bicyclic) bond motifs is 3. The molecular formula is C28H26N4O4. The molecule has 3 aromatic carbocycles. The fraction of sp³-hybridized carbons (Fsp3) is 0.214. The second kappa shape index (κ2) is 9.05. The first-order valence-electron chi connectivity index (χ1n) is 11.8. The van der Waals surface area contributed by atoms with Gasteiger partial charge >= 0.3 is 0 Å². The number of methoxy groups -OCH3 is 2. The summed E-state index contributed by atoms with van der Waals surface area (Å²) in [5.74, 6) is 1.92. The van der Waals surface area contributed by atoms with Crippen LogP contribution in [0.2, 0.25) is 0 Å². The number of nitrogens with one attached hydrogen (secondary N) is 1. The Morgan fingerprint density at radius 1 is 1.03 bits per heavy atom. The summed E-state index contributed by atoms with van der Waals surface area (Å²) in [6, 6.07) is 17.8. The molecule has 0 amide bonds. The summed E-state index contributed by atoms with van der Waals surface area (Å²) in [6.07, 6.45) is 3.98. The third-order valence-corrected chi connectivity index (χ3v) is 6.74. The van der Waals surface area contributed by atoms with Crippen LogP contribution in [0.5, 0.6) is 11.5 Å². The van der Waals surface area contributed by atoms with Crippen LogP contribution in [0.3, 0.4) is 0 Å². The molecule has 0 saturated carbocycles. The highest BCUT2D eigenvalue weighted by Crippen LogP contribution is 2.36. The minimum atomic E-state index is -0.640. The zero-order valence-corrected chi connectivity index (χ0v) is 20.1. The fourth-order valence-electron chi connectivity index (χ4n) is 4.93. The van der Waals surface area contributed by atoms with E-state index in [1.165, 1.54) is 11.9 Å². The lowest BCUT2D eigenvalue weighted by Gasteiger charge is -2.26. The van der Waals surface area contributed by atoms with E-state index in [9.17, 15) is 5.11 Å². The number of aliphatic hydroxyl groups excluding tert-OH is 1. The first-order chi connectivity index (χ1) is 17.6. The van der Waals surface area contributed by atoms with Gasteiger partial charge in [0.1, 0.15) is 24.0 Å². The minimum Gasteiger partial charge on any atom is -0.493 e. The van der Waals surface area contributed by atoms with E-state index < -0.39 is 6.23 Å². The van der Waals surface area contributed by atoms with Gasteiger partial charge in [-0.25, -0.2) is 9.97 Å². The summed E-state index contributed by atoms with van der Waals surface area (Å²) in [7, 11) is 3.21. The lowest BCUT2D eigenvalue weighted by molar-refractivity contribution is 0.171. The first kappa shape index (κ1) is 22.2. The van der Waals surface area contributed by atoms with Gasteiger partial charge < -0.3 is 29.2 Å². The Labute approximate surface area is 208 Å². The number of hydrogen-bond donors (Lipinski definition) is 2. The molecule has 2 aromatic heterocycles. The van der Waals surface area contributed by atoms with Gasteiger partial charge in [-0.3, -0.25) is 0 Å². The molecule has 1 aliphatic rings. The molecular weight excluding hydrogens is 456 g/mol. The van der Waals surface area contributed by atoms with Crippen molar-refractivity contribution >= 4 is 39.1 Å². The Morgan fingerprint density at radius 3 is 2.72 bits per heavy atom. The van der Waals surface area contributed by atoms with Gasteiger partial charge in [0.05, 0.1) is 26.0 Å². The zero-order chi connectivity index (χ0) is 24.6. The smallest absolute Gasteiger partial charge is 0.162 e. The highest BCUT2D eigenvalue weighted by Gasteiger charge is 2.26. The Morgan fingerprint density at radius 2 is 1.86 bits per heavy atom. The van der Waals surface area contributed by atoms with Gasteiger partial charge in [-0.05, 0) is 42.3 Å². The summed E-state index contributed by atoms with van der Waals surface area (Å²) >= 11 is 0. The molecule has 0 aliphatic carbocycles. The lowest BCUT2D eigenvalue weighted by Crippen LogP contribution is -2.35. The van der Waals surface area contributed by atoms with Gasteiger partial charge in [0, 0.05) is 46.7 Å². The quantitative estimate of drug-likeness (QED) is 0.333. The number of ether oxygens (including phenoxy) is 2.